The van der Waals surface area contributed by atoms with Crippen LogP contribution in [0.25, 0.3) is 0 Å². The Balaban J connectivity index is 2.77. The van der Waals surface area contributed by atoms with Crippen LogP contribution in [0.3, 0.4) is 0 Å². The molecular weight excluding hydrogens is 188 g/mol. The van der Waals surface area contributed by atoms with Crippen LogP contribution in [0.5, 0.6) is 0 Å². The highest BCUT2D eigenvalue weighted by Gasteiger charge is 2.18. The van der Waals surface area contributed by atoms with Crippen LogP contribution in [0.2, 0.25) is 0 Å². The molecule has 0 aliphatic heterocycles. The lowest BCUT2D eigenvalue weighted by molar-refractivity contribution is 0.0304. The zero-order chi connectivity index (χ0) is 9.84. The first-order valence-electron chi connectivity index (χ1n) is 3.92. The lowest BCUT2D eigenvalue weighted by Crippen LogP contribution is -2.21. The molecule has 0 spiro atoms. The fraction of sp³-hybridized carbons (Fsp3) is 0.500. The molecule has 0 radical (unpaired) electrons. The summed E-state index contributed by atoms with van der Waals surface area (Å²) in [4.78, 5) is 0. The zero-order valence-electron chi connectivity index (χ0n) is 7.25. The van der Waals surface area contributed by atoms with Gasteiger partial charge in [-0.1, -0.05) is 0 Å². The molecule has 0 aliphatic rings. The Morgan fingerprint density at radius 3 is 2.54 bits per heavy atom. The normalized spacial score (nSPS) is 15.4. The molecule has 0 bridgehead atoms. The van der Waals surface area contributed by atoms with Crippen molar-refractivity contribution in [3.63, 3.8) is 0 Å². The monoisotopic (exact) mass is 200 g/mol. The number of thiol groups is 1. The maximum Gasteiger partial charge on any atom is 0.124 e. The van der Waals surface area contributed by atoms with E-state index in [9.17, 15) is 10.2 Å². The molecule has 0 aliphatic carbocycles. The van der Waals surface area contributed by atoms with Crippen LogP contribution in [0.15, 0.2) is 12.1 Å². The van der Waals surface area contributed by atoms with Gasteiger partial charge in [-0.2, -0.15) is 22.8 Å². The summed E-state index contributed by atoms with van der Waals surface area (Å²) in [5.74, 6) is 0.191. The van der Waals surface area contributed by atoms with E-state index in [2.05, 4.69) is 22.8 Å². The largest absolute Gasteiger partial charge is 0.389 e. The van der Waals surface area contributed by atoms with E-state index in [4.69, 9.17) is 0 Å². The van der Waals surface area contributed by atoms with E-state index in [1.165, 1.54) is 0 Å². The summed E-state index contributed by atoms with van der Waals surface area (Å²) in [6.07, 6.45) is -1.91. The molecule has 1 heterocycles. The molecule has 0 saturated heterocycles. The quantitative estimate of drug-likeness (QED) is 0.606. The number of aryl methyl sites for hydroxylation is 1. The third-order valence-corrected chi connectivity index (χ3v) is 2.05. The number of aromatic nitrogens is 2. The van der Waals surface area contributed by atoms with Crippen molar-refractivity contribution in [1.29, 1.82) is 0 Å². The molecule has 1 aromatic rings. The maximum absolute atomic E-state index is 9.48. The number of aliphatic hydroxyl groups is 2. The highest BCUT2D eigenvalue weighted by Crippen LogP contribution is 2.14. The minimum atomic E-state index is -1.01. The molecule has 4 nitrogen and oxygen atoms in total. The molecule has 72 valence electrons. The maximum atomic E-state index is 9.48. The first-order chi connectivity index (χ1) is 6.15. The third kappa shape index (κ3) is 2.65. The third-order valence-electron chi connectivity index (χ3n) is 1.67. The van der Waals surface area contributed by atoms with Gasteiger partial charge >= 0.3 is 0 Å². The Labute approximate surface area is 82.0 Å². The number of hydrogen-bond donors (Lipinski definition) is 3. The number of aliphatic hydroxyl groups excluding tert-OH is 2. The topological polar surface area (TPSA) is 66.2 Å². The van der Waals surface area contributed by atoms with Gasteiger partial charge in [0.2, 0.25) is 0 Å². The van der Waals surface area contributed by atoms with Crippen LogP contribution < -0.4 is 0 Å². The van der Waals surface area contributed by atoms with Crippen LogP contribution in [0.1, 0.15) is 17.5 Å². The second kappa shape index (κ2) is 4.55. The van der Waals surface area contributed by atoms with Gasteiger partial charge in [0.25, 0.3) is 0 Å². The van der Waals surface area contributed by atoms with E-state index in [0.717, 1.165) is 5.69 Å². The van der Waals surface area contributed by atoms with Crippen molar-refractivity contribution in [3.05, 3.63) is 23.5 Å². The Morgan fingerprint density at radius 2 is 2.08 bits per heavy atom. The molecule has 1 rings (SSSR count). The van der Waals surface area contributed by atoms with Gasteiger partial charge in [0.1, 0.15) is 6.10 Å². The van der Waals surface area contributed by atoms with E-state index in [1.807, 2.05) is 0 Å². The average molecular weight is 200 g/mol. The highest BCUT2D eigenvalue weighted by atomic mass is 32.1. The Kier molecular flexibility index (Phi) is 3.65. The summed E-state index contributed by atoms with van der Waals surface area (Å²) in [5.41, 5.74) is 1.14. The van der Waals surface area contributed by atoms with E-state index in [-0.39, 0.29) is 5.75 Å². The summed E-state index contributed by atoms with van der Waals surface area (Å²) >= 11 is 3.87. The van der Waals surface area contributed by atoms with E-state index in [0.29, 0.717) is 5.69 Å². The van der Waals surface area contributed by atoms with Gasteiger partial charge in [-0.25, -0.2) is 0 Å². The second-order valence-electron chi connectivity index (χ2n) is 2.79. The van der Waals surface area contributed by atoms with Crippen molar-refractivity contribution in [2.75, 3.05) is 5.75 Å². The first-order valence-corrected chi connectivity index (χ1v) is 4.55. The molecular formula is C8H12N2O2S. The van der Waals surface area contributed by atoms with Crippen molar-refractivity contribution in [2.24, 2.45) is 0 Å². The number of hydrogen-bond acceptors (Lipinski definition) is 5. The molecule has 0 fully saturated rings. The second-order valence-corrected chi connectivity index (χ2v) is 3.16. The predicted molar refractivity (Wildman–Crippen MR) is 51.6 cm³/mol. The molecule has 5 heteroatoms. The van der Waals surface area contributed by atoms with Gasteiger partial charge in [-0.05, 0) is 19.1 Å². The smallest absolute Gasteiger partial charge is 0.124 e. The molecule has 2 unspecified atom stereocenters. The van der Waals surface area contributed by atoms with Crippen LogP contribution in [-0.2, 0) is 0 Å². The molecule has 13 heavy (non-hydrogen) atoms. The molecule has 0 aromatic carbocycles. The summed E-state index contributed by atoms with van der Waals surface area (Å²) < 4.78 is 0. The minimum absolute atomic E-state index is 0.191. The Hall–Kier alpha value is -0.650. The van der Waals surface area contributed by atoms with Gasteiger partial charge < -0.3 is 10.2 Å². The number of nitrogens with zero attached hydrogens (tertiary/aromatic N) is 2. The standard InChI is InChI=1S/C8H12N2O2S/c1-5-2-3-6(10-9-5)8(12)7(11)4-13/h2-3,7-8,11-13H,4H2,1H3. The van der Waals surface area contributed by atoms with Crippen LogP contribution in [-0.4, -0.2) is 32.3 Å². The van der Waals surface area contributed by atoms with Gasteiger partial charge in [-0.15, -0.1) is 0 Å². The Morgan fingerprint density at radius 1 is 1.38 bits per heavy atom. The fourth-order valence-electron chi connectivity index (χ4n) is 0.864. The summed E-state index contributed by atoms with van der Waals surface area (Å²) in [6, 6.07) is 3.37. The van der Waals surface area contributed by atoms with Crippen LogP contribution in [0.4, 0.5) is 0 Å². The van der Waals surface area contributed by atoms with Crippen molar-refractivity contribution in [2.45, 2.75) is 19.1 Å². The van der Waals surface area contributed by atoms with Crippen LogP contribution >= 0.6 is 12.6 Å². The Bertz CT molecular complexity index is 265. The van der Waals surface area contributed by atoms with Gasteiger partial charge in [0.15, 0.2) is 0 Å². The summed E-state index contributed by atoms with van der Waals surface area (Å²) in [7, 11) is 0. The highest BCUT2D eigenvalue weighted by molar-refractivity contribution is 7.80. The lowest BCUT2D eigenvalue weighted by Gasteiger charge is -2.14. The lowest BCUT2D eigenvalue weighted by atomic mass is 10.1. The van der Waals surface area contributed by atoms with Crippen LogP contribution in [0, 0.1) is 6.92 Å². The predicted octanol–water partition coefficient (Wildman–Crippen LogP) is 0.109. The van der Waals surface area contributed by atoms with Crippen molar-refractivity contribution >= 4 is 12.6 Å². The van der Waals surface area contributed by atoms with Gasteiger partial charge in [0, 0.05) is 5.75 Å². The van der Waals surface area contributed by atoms with Crippen molar-refractivity contribution in [1.82, 2.24) is 10.2 Å². The zero-order valence-corrected chi connectivity index (χ0v) is 8.15. The van der Waals surface area contributed by atoms with Crippen molar-refractivity contribution < 1.29 is 10.2 Å². The van der Waals surface area contributed by atoms with E-state index >= 15 is 0 Å². The average Bonchev–Trinajstić information content (AvgIpc) is 2.17. The molecule has 2 atom stereocenters. The minimum Gasteiger partial charge on any atom is -0.389 e. The van der Waals surface area contributed by atoms with E-state index < -0.39 is 12.2 Å². The molecule has 2 N–H and O–H groups in total. The first kappa shape index (κ1) is 10.4. The fourth-order valence-corrected chi connectivity index (χ4v) is 1.06. The molecule has 0 amide bonds. The molecule has 0 saturated carbocycles. The molecule has 1 aromatic heterocycles. The SMILES string of the molecule is Cc1ccc(C(O)C(O)CS)nn1. The van der Waals surface area contributed by atoms with Crippen molar-refractivity contribution in [3.8, 4) is 0 Å². The summed E-state index contributed by atoms with van der Waals surface area (Å²) in [5, 5.41) is 26.3. The van der Waals surface area contributed by atoms with E-state index in [1.54, 1.807) is 19.1 Å². The van der Waals surface area contributed by atoms with Gasteiger partial charge in [0.05, 0.1) is 17.5 Å². The van der Waals surface area contributed by atoms with Gasteiger partial charge in [-0.3, -0.25) is 0 Å². The number of rotatable bonds is 3. The summed E-state index contributed by atoms with van der Waals surface area (Å²) in [6.45, 7) is 1.80.